The third kappa shape index (κ3) is 7.89. The van der Waals surface area contributed by atoms with Crippen LogP contribution in [-0.2, 0) is 25.6 Å². The van der Waals surface area contributed by atoms with Crippen molar-refractivity contribution in [3.8, 4) is 17.2 Å². The van der Waals surface area contributed by atoms with E-state index in [1.54, 1.807) is 25.3 Å². The first kappa shape index (κ1) is 30.6. The van der Waals surface area contributed by atoms with Gasteiger partial charge in [-0.25, -0.2) is 4.79 Å². The largest absolute Gasteiger partial charge is 0.497 e. The number of benzene rings is 2. The molecule has 0 aromatic heterocycles. The average Bonchev–Trinajstić information content (AvgIpc) is 3.27. The molecule has 9 heteroatoms. The van der Waals surface area contributed by atoms with Crippen LogP contribution in [0.4, 0.5) is 0 Å². The van der Waals surface area contributed by atoms with Crippen molar-refractivity contribution in [1.82, 2.24) is 0 Å². The monoisotopic (exact) mass is 568 g/mol. The second-order valence-electron chi connectivity index (χ2n) is 10.7. The molecule has 1 N–H and O–H groups in total. The van der Waals surface area contributed by atoms with E-state index < -0.39 is 36.2 Å². The van der Waals surface area contributed by atoms with Gasteiger partial charge in [0.15, 0.2) is 12.6 Å². The number of cyclic esters (lactones) is 1. The highest BCUT2D eigenvalue weighted by Crippen LogP contribution is 2.35. The first-order valence-electron chi connectivity index (χ1n) is 13.7. The summed E-state index contributed by atoms with van der Waals surface area (Å²) in [6.45, 7) is 7.61. The number of methoxy groups -OCH3 is 2. The third-order valence-electron chi connectivity index (χ3n) is 7.08. The smallest absolute Gasteiger partial charge is 0.342 e. The van der Waals surface area contributed by atoms with Gasteiger partial charge in [0.1, 0.15) is 47.7 Å². The number of ether oxygens (including phenoxy) is 7. The van der Waals surface area contributed by atoms with Crippen LogP contribution in [0.15, 0.2) is 54.6 Å². The number of aliphatic hydroxyl groups excluding tert-OH is 1. The molecular formula is C32H40O9. The van der Waals surface area contributed by atoms with Crippen LogP contribution in [0.3, 0.4) is 0 Å². The van der Waals surface area contributed by atoms with E-state index in [9.17, 15) is 9.90 Å². The molecule has 0 saturated carbocycles. The Morgan fingerprint density at radius 2 is 1.76 bits per heavy atom. The number of carbonyl (C=O) groups is 1. The summed E-state index contributed by atoms with van der Waals surface area (Å²) in [5.41, 5.74) is 1.76. The van der Waals surface area contributed by atoms with E-state index in [2.05, 4.69) is 0 Å². The molecule has 222 valence electrons. The van der Waals surface area contributed by atoms with Gasteiger partial charge in [-0.05, 0) is 56.5 Å². The minimum Gasteiger partial charge on any atom is -0.497 e. The number of rotatable bonds is 7. The number of esters is 1. The van der Waals surface area contributed by atoms with Gasteiger partial charge < -0.3 is 38.3 Å². The van der Waals surface area contributed by atoms with Gasteiger partial charge in [-0.15, -0.1) is 0 Å². The van der Waals surface area contributed by atoms with E-state index >= 15 is 0 Å². The molecule has 2 aliphatic rings. The van der Waals surface area contributed by atoms with Crippen LogP contribution < -0.4 is 14.2 Å². The van der Waals surface area contributed by atoms with Gasteiger partial charge in [-0.1, -0.05) is 43.4 Å². The lowest BCUT2D eigenvalue weighted by Crippen LogP contribution is -2.34. The van der Waals surface area contributed by atoms with E-state index in [0.29, 0.717) is 24.3 Å². The van der Waals surface area contributed by atoms with Crippen molar-refractivity contribution < 1.29 is 43.1 Å². The van der Waals surface area contributed by atoms with Crippen molar-refractivity contribution in [3.63, 3.8) is 0 Å². The predicted octanol–water partition coefficient (Wildman–Crippen LogP) is 5.29. The van der Waals surface area contributed by atoms with Crippen LogP contribution in [0.25, 0.3) is 6.08 Å². The lowest BCUT2D eigenvalue weighted by Gasteiger charge is -2.23. The second-order valence-corrected chi connectivity index (χ2v) is 10.7. The number of fused-ring (bicyclic) bond motifs is 2. The van der Waals surface area contributed by atoms with E-state index in [1.165, 1.54) is 7.11 Å². The lowest BCUT2D eigenvalue weighted by atomic mass is 9.99. The van der Waals surface area contributed by atoms with Crippen LogP contribution in [0.1, 0.15) is 55.6 Å². The van der Waals surface area contributed by atoms with Crippen molar-refractivity contribution >= 4 is 12.0 Å². The average molecular weight is 569 g/mol. The zero-order valence-corrected chi connectivity index (χ0v) is 24.5. The summed E-state index contributed by atoms with van der Waals surface area (Å²) >= 11 is 0. The molecule has 2 aromatic carbocycles. The summed E-state index contributed by atoms with van der Waals surface area (Å²) in [6.07, 6.45) is 5.31. The van der Waals surface area contributed by atoms with Gasteiger partial charge in [0.05, 0.1) is 13.2 Å². The molecule has 0 amide bonds. The SMILES string of the molecule is COCOc1cc(OCc2ccc(OC)cc2)cc2c1C(=O)O[C@@H](C)[C@H](C)/C=C\C(O)C1OC(C)(C)O[C@H]1C/C=C/2. The first-order valence-corrected chi connectivity index (χ1v) is 13.7. The molecule has 2 aliphatic heterocycles. The molecule has 1 fully saturated rings. The fourth-order valence-corrected chi connectivity index (χ4v) is 4.72. The third-order valence-corrected chi connectivity index (χ3v) is 7.08. The minimum absolute atomic E-state index is 0.0675. The van der Waals surface area contributed by atoms with Crippen LogP contribution in [0.2, 0.25) is 0 Å². The standard InChI is InChI=1S/C32H40O9/c1-20-10-15-26(33)30-27(40-32(3,4)41-30)9-7-8-23-16-25(37-18-22-11-13-24(36-6)14-12-22)17-28(38-19-35-5)29(23)31(34)39-21(20)2/h7-8,10-17,20-21,26-27,30,33H,9,18-19H2,1-6H3/b8-7+,15-10-/t20-,21+,26?,27+,30?/m1/s1. The Hall–Kier alpha value is -3.37. The number of carbonyl (C=O) groups excluding carboxylic acids is 1. The van der Waals surface area contributed by atoms with E-state index in [1.807, 2.05) is 70.2 Å². The summed E-state index contributed by atoms with van der Waals surface area (Å²) in [7, 11) is 3.13. The van der Waals surface area contributed by atoms with Gasteiger partial charge in [-0.3, -0.25) is 0 Å². The van der Waals surface area contributed by atoms with Gasteiger partial charge in [0, 0.05) is 19.1 Å². The Bertz CT molecular complexity index is 1230. The topological polar surface area (TPSA) is 102 Å². The van der Waals surface area contributed by atoms with E-state index in [0.717, 1.165) is 11.3 Å². The van der Waals surface area contributed by atoms with Crippen LogP contribution in [-0.4, -0.2) is 62.3 Å². The summed E-state index contributed by atoms with van der Waals surface area (Å²) in [4.78, 5) is 13.6. The van der Waals surface area contributed by atoms with E-state index in [-0.39, 0.29) is 24.0 Å². The maximum absolute atomic E-state index is 13.6. The molecule has 2 heterocycles. The van der Waals surface area contributed by atoms with Crippen molar-refractivity contribution in [3.05, 3.63) is 71.3 Å². The van der Waals surface area contributed by atoms with Crippen LogP contribution >= 0.6 is 0 Å². The van der Waals surface area contributed by atoms with Gasteiger partial charge in [-0.2, -0.15) is 0 Å². The van der Waals surface area contributed by atoms with E-state index in [4.69, 9.17) is 33.2 Å². The minimum atomic E-state index is -0.886. The Labute approximate surface area is 241 Å². The van der Waals surface area contributed by atoms with Crippen molar-refractivity contribution in [1.29, 1.82) is 0 Å². The normalized spacial score (nSPS) is 27.5. The van der Waals surface area contributed by atoms with Gasteiger partial charge in [0.2, 0.25) is 0 Å². The quantitative estimate of drug-likeness (QED) is 0.271. The Morgan fingerprint density at radius 1 is 1.00 bits per heavy atom. The Balaban J connectivity index is 1.71. The summed E-state index contributed by atoms with van der Waals surface area (Å²) in [5, 5.41) is 10.9. The van der Waals surface area contributed by atoms with Gasteiger partial charge >= 0.3 is 5.97 Å². The molecule has 4 rings (SSSR count). The van der Waals surface area contributed by atoms with Crippen LogP contribution in [0.5, 0.6) is 17.2 Å². The molecule has 2 unspecified atom stereocenters. The number of hydrogen-bond acceptors (Lipinski definition) is 9. The Kier molecular flexibility index (Phi) is 10.1. The van der Waals surface area contributed by atoms with Gasteiger partial charge in [0.25, 0.3) is 0 Å². The number of hydrogen-bond donors (Lipinski definition) is 1. The van der Waals surface area contributed by atoms with Crippen LogP contribution in [0, 0.1) is 5.92 Å². The molecule has 0 spiro atoms. The molecule has 9 nitrogen and oxygen atoms in total. The molecule has 2 aromatic rings. The number of aliphatic hydroxyl groups is 1. The highest BCUT2D eigenvalue weighted by atomic mass is 16.8. The van der Waals surface area contributed by atoms with Crippen molar-refractivity contribution in [2.45, 2.75) is 70.9 Å². The highest BCUT2D eigenvalue weighted by Gasteiger charge is 2.43. The predicted molar refractivity (Wildman–Crippen MR) is 153 cm³/mol. The zero-order valence-electron chi connectivity index (χ0n) is 24.5. The first-order chi connectivity index (χ1) is 19.6. The fourth-order valence-electron chi connectivity index (χ4n) is 4.72. The molecule has 5 atom stereocenters. The summed E-state index contributed by atoms with van der Waals surface area (Å²) in [5.74, 6) is -0.0229. The molecule has 0 bridgehead atoms. The van der Waals surface area contributed by atoms with Crippen molar-refractivity contribution in [2.75, 3.05) is 21.0 Å². The molecule has 0 aliphatic carbocycles. The second kappa shape index (κ2) is 13.5. The lowest BCUT2D eigenvalue weighted by molar-refractivity contribution is -0.152. The zero-order chi connectivity index (χ0) is 29.6. The highest BCUT2D eigenvalue weighted by molar-refractivity contribution is 5.97. The molecule has 41 heavy (non-hydrogen) atoms. The maximum atomic E-state index is 13.6. The fraction of sp³-hybridized carbons (Fsp3) is 0.469. The summed E-state index contributed by atoms with van der Waals surface area (Å²) in [6, 6.07) is 11.0. The summed E-state index contributed by atoms with van der Waals surface area (Å²) < 4.78 is 40.3. The molecule has 1 saturated heterocycles. The Morgan fingerprint density at radius 3 is 2.46 bits per heavy atom. The molecule has 0 radical (unpaired) electrons. The van der Waals surface area contributed by atoms with Crippen molar-refractivity contribution in [2.24, 2.45) is 5.92 Å². The maximum Gasteiger partial charge on any atom is 0.342 e. The molecular weight excluding hydrogens is 528 g/mol.